The highest BCUT2D eigenvalue weighted by atomic mass is 16.5. The van der Waals surface area contributed by atoms with E-state index in [4.69, 9.17) is 4.74 Å². The lowest BCUT2D eigenvalue weighted by molar-refractivity contribution is -0.138. The van der Waals surface area contributed by atoms with Gasteiger partial charge < -0.3 is 4.74 Å². The fourth-order valence-corrected chi connectivity index (χ4v) is 5.13. The van der Waals surface area contributed by atoms with E-state index in [9.17, 15) is 9.59 Å². The summed E-state index contributed by atoms with van der Waals surface area (Å²) in [6, 6.07) is 0. The molecule has 0 amide bonds. The van der Waals surface area contributed by atoms with Gasteiger partial charge in [-0.05, 0) is 76.0 Å². The maximum atomic E-state index is 12.7. The normalized spacial score (nSPS) is 34.2. The molecule has 130 valence electrons. The fourth-order valence-electron chi connectivity index (χ4n) is 5.13. The fraction of sp³-hybridized carbons (Fsp3) is 0.750. The van der Waals surface area contributed by atoms with E-state index in [2.05, 4.69) is 4.99 Å². The first kappa shape index (κ1) is 16.0. The second kappa shape index (κ2) is 5.82. The van der Waals surface area contributed by atoms with Gasteiger partial charge in [-0.2, -0.15) is 0 Å². The molecule has 0 saturated heterocycles. The number of hydrogen-bond donors (Lipinski definition) is 0. The number of allylic oxidation sites excluding steroid dienone is 1. The molecule has 1 heterocycles. The molecule has 0 bridgehead atoms. The van der Waals surface area contributed by atoms with Crippen LogP contribution in [0, 0.1) is 23.2 Å². The van der Waals surface area contributed by atoms with Crippen LogP contribution in [0.1, 0.15) is 65.2 Å². The van der Waals surface area contributed by atoms with Gasteiger partial charge in [-0.3, -0.25) is 9.79 Å². The summed E-state index contributed by atoms with van der Waals surface area (Å²) in [6.07, 6.45) is 8.90. The van der Waals surface area contributed by atoms with Crippen molar-refractivity contribution in [2.75, 3.05) is 6.61 Å². The Morgan fingerprint density at radius 1 is 1.21 bits per heavy atom. The summed E-state index contributed by atoms with van der Waals surface area (Å²) in [5, 5.41) is 0. The largest absolute Gasteiger partial charge is 0.463 e. The highest BCUT2D eigenvalue weighted by molar-refractivity contribution is 6.10. The van der Waals surface area contributed by atoms with Crippen LogP contribution in [0.25, 0.3) is 0 Å². The number of Topliss-reactive ketones (excluding diaryl/α,β-unsaturated/α-hetero) is 1. The first-order valence-corrected chi connectivity index (χ1v) is 9.48. The number of hydrogen-bond acceptors (Lipinski definition) is 4. The molecule has 4 nitrogen and oxygen atoms in total. The number of ether oxygens (including phenoxy) is 1. The molecule has 3 aliphatic carbocycles. The molecule has 0 radical (unpaired) electrons. The van der Waals surface area contributed by atoms with Gasteiger partial charge in [0.05, 0.1) is 18.1 Å². The average Bonchev–Trinajstić information content (AvgIpc) is 3.16. The van der Waals surface area contributed by atoms with Crippen LogP contribution in [0.2, 0.25) is 0 Å². The molecule has 24 heavy (non-hydrogen) atoms. The number of ketones is 1. The zero-order chi connectivity index (χ0) is 16.9. The third-order valence-electron chi connectivity index (χ3n) is 6.77. The van der Waals surface area contributed by atoms with Gasteiger partial charge >= 0.3 is 5.97 Å². The predicted octanol–water partition coefficient (Wildman–Crippen LogP) is 3.84. The van der Waals surface area contributed by atoms with E-state index in [1.165, 1.54) is 32.1 Å². The molecule has 0 aromatic rings. The first-order chi connectivity index (χ1) is 11.5. The van der Waals surface area contributed by atoms with Gasteiger partial charge in [0.1, 0.15) is 5.78 Å². The molecule has 1 spiro atoms. The van der Waals surface area contributed by atoms with Crippen molar-refractivity contribution in [2.45, 2.75) is 65.2 Å². The van der Waals surface area contributed by atoms with E-state index in [1.807, 2.05) is 6.92 Å². The smallest absolute Gasteiger partial charge is 0.335 e. The zero-order valence-electron chi connectivity index (χ0n) is 14.8. The van der Waals surface area contributed by atoms with E-state index in [1.54, 1.807) is 6.92 Å². The van der Waals surface area contributed by atoms with Crippen molar-refractivity contribution in [3.05, 3.63) is 11.3 Å². The number of aliphatic imine (C=N–C) groups is 1. The van der Waals surface area contributed by atoms with Crippen molar-refractivity contribution in [3.8, 4) is 0 Å². The van der Waals surface area contributed by atoms with E-state index in [0.29, 0.717) is 42.3 Å². The minimum atomic E-state index is -0.306. The van der Waals surface area contributed by atoms with E-state index in [-0.39, 0.29) is 17.7 Å². The van der Waals surface area contributed by atoms with Crippen molar-refractivity contribution in [2.24, 2.45) is 28.2 Å². The molecule has 4 heteroatoms. The van der Waals surface area contributed by atoms with Crippen LogP contribution in [-0.4, -0.2) is 24.1 Å². The summed E-state index contributed by atoms with van der Waals surface area (Å²) in [6.45, 7) is 4.03. The monoisotopic (exact) mass is 329 g/mol. The third-order valence-corrected chi connectivity index (χ3v) is 6.77. The topological polar surface area (TPSA) is 55.7 Å². The first-order valence-electron chi connectivity index (χ1n) is 9.48. The maximum Gasteiger partial charge on any atom is 0.335 e. The van der Waals surface area contributed by atoms with Crippen molar-refractivity contribution < 1.29 is 14.3 Å². The summed E-state index contributed by atoms with van der Waals surface area (Å²) in [7, 11) is 0. The van der Waals surface area contributed by atoms with Gasteiger partial charge in [-0.15, -0.1) is 0 Å². The third kappa shape index (κ3) is 2.74. The molecular formula is C20H27NO3. The Hall–Kier alpha value is -1.45. The van der Waals surface area contributed by atoms with Crippen LogP contribution in [0.5, 0.6) is 0 Å². The molecule has 3 unspecified atom stereocenters. The molecule has 0 aromatic heterocycles. The summed E-state index contributed by atoms with van der Waals surface area (Å²) >= 11 is 0. The van der Waals surface area contributed by atoms with Crippen molar-refractivity contribution in [1.29, 1.82) is 0 Å². The SMILES string of the molecule is CCOC(=O)C1=C(C)N=C2CC(C3CCC4(CC4)C3)CC(=O)C2C1. The van der Waals surface area contributed by atoms with Crippen molar-refractivity contribution in [1.82, 2.24) is 0 Å². The molecule has 3 atom stereocenters. The number of esters is 1. The van der Waals surface area contributed by atoms with Crippen molar-refractivity contribution >= 4 is 17.5 Å². The number of rotatable bonds is 3. The lowest BCUT2D eigenvalue weighted by atomic mass is 9.70. The molecule has 1 aliphatic heterocycles. The molecule has 0 aromatic carbocycles. The van der Waals surface area contributed by atoms with Gasteiger partial charge in [0.25, 0.3) is 0 Å². The highest BCUT2D eigenvalue weighted by Crippen LogP contribution is 2.61. The number of fused-ring (bicyclic) bond motifs is 1. The summed E-state index contributed by atoms with van der Waals surface area (Å²) < 4.78 is 5.12. The lowest BCUT2D eigenvalue weighted by Gasteiger charge is -2.35. The second-order valence-corrected chi connectivity index (χ2v) is 8.28. The Labute approximate surface area is 143 Å². The van der Waals surface area contributed by atoms with Crippen LogP contribution >= 0.6 is 0 Å². The van der Waals surface area contributed by atoms with E-state index < -0.39 is 0 Å². The van der Waals surface area contributed by atoms with Crippen LogP contribution in [0.15, 0.2) is 16.3 Å². The number of nitrogens with zero attached hydrogens (tertiary/aromatic N) is 1. The Morgan fingerprint density at radius 3 is 2.67 bits per heavy atom. The zero-order valence-corrected chi connectivity index (χ0v) is 14.8. The second-order valence-electron chi connectivity index (χ2n) is 8.28. The molecule has 4 rings (SSSR count). The average molecular weight is 329 g/mol. The maximum absolute atomic E-state index is 12.7. The Morgan fingerprint density at radius 2 is 2.00 bits per heavy atom. The van der Waals surface area contributed by atoms with Crippen LogP contribution in [0.4, 0.5) is 0 Å². The summed E-state index contributed by atoms with van der Waals surface area (Å²) in [4.78, 5) is 29.5. The van der Waals surface area contributed by atoms with Crippen LogP contribution in [-0.2, 0) is 14.3 Å². The highest BCUT2D eigenvalue weighted by Gasteiger charge is 2.51. The number of carbonyl (C=O) groups excluding carboxylic acids is 2. The molecule has 0 N–H and O–H groups in total. The molecule has 3 fully saturated rings. The molecular weight excluding hydrogens is 302 g/mol. The Balaban J connectivity index is 1.52. The van der Waals surface area contributed by atoms with Gasteiger partial charge in [0, 0.05) is 17.8 Å². The van der Waals surface area contributed by atoms with Gasteiger partial charge in [-0.25, -0.2) is 4.79 Å². The minimum Gasteiger partial charge on any atom is -0.463 e. The lowest BCUT2D eigenvalue weighted by Crippen LogP contribution is -2.38. The Bertz CT molecular complexity index is 641. The summed E-state index contributed by atoms with van der Waals surface area (Å²) in [5.41, 5.74) is 3.03. The molecule has 3 saturated carbocycles. The molecule has 4 aliphatic rings. The van der Waals surface area contributed by atoms with E-state index >= 15 is 0 Å². The summed E-state index contributed by atoms with van der Waals surface area (Å²) in [5.74, 6) is 0.983. The number of carbonyl (C=O) groups is 2. The van der Waals surface area contributed by atoms with Crippen LogP contribution in [0.3, 0.4) is 0 Å². The standard InChI is InChI=1S/C20H27NO3/c1-3-24-19(23)15-10-16-17(21-12(15)2)8-14(9-18(16)22)13-4-5-20(11-13)6-7-20/h13-14,16H,3-11H2,1-2H3. The van der Waals surface area contributed by atoms with Crippen LogP contribution < -0.4 is 0 Å². The van der Waals surface area contributed by atoms with Crippen molar-refractivity contribution in [3.63, 3.8) is 0 Å². The minimum absolute atomic E-state index is 0.180. The van der Waals surface area contributed by atoms with E-state index in [0.717, 1.165) is 17.8 Å². The van der Waals surface area contributed by atoms with Gasteiger partial charge in [-0.1, -0.05) is 0 Å². The quantitative estimate of drug-likeness (QED) is 0.739. The van der Waals surface area contributed by atoms with Gasteiger partial charge in [0.2, 0.25) is 0 Å². The predicted molar refractivity (Wildman–Crippen MR) is 91.6 cm³/mol. The Kier molecular flexibility index (Phi) is 3.89. The van der Waals surface area contributed by atoms with Gasteiger partial charge in [0.15, 0.2) is 0 Å².